The van der Waals surface area contributed by atoms with Crippen LogP contribution < -0.4 is 9.80 Å². The largest absolute Gasteiger partial charge is 0.416 e. The van der Waals surface area contributed by atoms with Gasteiger partial charge in [0, 0.05) is 33.8 Å². The Bertz CT molecular complexity index is 3390. The van der Waals surface area contributed by atoms with Crippen molar-refractivity contribution in [1.29, 1.82) is 0 Å². The molecule has 8 aromatic carbocycles. The van der Waals surface area contributed by atoms with E-state index in [1.165, 1.54) is 103 Å². The van der Waals surface area contributed by atoms with E-state index in [-0.39, 0.29) is 21.9 Å². The Morgan fingerprint density at radius 3 is 1.61 bits per heavy atom. The van der Waals surface area contributed by atoms with E-state index in [0.29, 0.717) is 6.42 Å². The predicted octanol–water partition coefficient (Wildman–Crippen LogP) is 17.7. The van der Waals surface area contributed by atoms with E-state index in [1.54, 1.807) is 6.07 Å². The number of benzene rings is 8. The first-order valence-corrected chi connectivity index (χ1v) is 25.8. The van der Waals surface area contributed by atoms with Crippen LogP contribution in [0.1, 0.15) is 124 Å². The molecule has 5 heteroatoms. The predicted molar refractivity (Wildman–Crippen MR) is 283 cm³/mol. The highest BCUT2D eigenvalue weighted by Crippen LogP contribution is 2.64. The maximum atomic E-state index is 14.4. The van der Waals surface area contributed by atoms with Crippen LogP contribution >= 0.6 is 0 Å². The first-order valence-electron chi connectivity index (χ1n) is 25.8. The molecule has 2 aliphatic heterocycles. The van der Waals surface area contributed by atoms with Crippen molar-refractivity contribution in [3.05, 3.63) is 202 Å². The summed E-state index contributed by atoms with van der Waals surface area (Å²) in [5.74, 6) is 0. The molecule has 70 heavy (non-hydrogen) atoms. The van der Waals surface area contributed by atoms with Crippen molar-refractivity contribution >= 4 is 44.3 Å². The standard InChI is InChI=1S/C65H61F3N2/c1-42-24-30-56-43(36-42)40-60(2)32-14-17-35-63(60,5)70(56)49-27-29-53-55(39-49)64(45-18-8-6-9-19-45,46-20-10-7-11-21-46)59-52-28-26-48(38-54(52)50-22-12-13-23-51(50)58(53)59)69-57-31-25-47(65(66,67)68)37-44(57)41-61(3)33-15-16-34-62(61,69)4/h6-13,18-31,36-39H,14-17,32-35,40-41H2,1-5H3. The van der Waals surface area contributed by atoms with Crippen molar-refractivity contribution in [1.82, 2.24) is 0 Å². The molecule has 0 amide bonds. The number of hydrogen-bond acceptors (Lipinski definition) is 2. The fourth-order valence-electron chi connectivity index (χ4n) is 15.3. The Labute approximate surface area is 411 Å². The van der Waals surface area contributed by atoms with Gasteiger partial charge in [-0.3, -0.25) is 0 Å². The summed E-state index contributed by atoms with van der Waals surface area (Å²) in [5.41, 5.74) is 13.8. The van der Waals surface area contributed by atoms with E-state index >= 15 is 0 Å². The van der Waals surface area contributed by atoms with E-state index in [1.807, 2.05) is 0 Å². The lowest BCUT2D eigenvalue weighted by Crippen LogP contribution is -2.60. The highest BCUT2D eigenvalue weighted by Gasteiger charge is 2.56. The summed E-state index contributed by atoms with van der Waals surface area (Å²) in [7, 11) is 0. The third kappa shape index (κ3) is 5.87. The minimum absolute atomic E-state index is 0.0857. The lowest BCUT2D eigenvalue weighted by Gasteiger charge is -2.60. The molecule has 2 saturated carbocycles. The molecule has 4 atom stereocenters. The van der Waals surface area contributed by atoms with E-state index < -0.39 is 17.2 Å². The second kappa shape index (κ2) is 15.1. The number of fused-ring (bicyclic) bond motifs is 12. The van der Waals surface area contributed by atoms with Gasteiger partial charge in [0.1, 0.15) is 0 Å². The molecule has 2 nitrogen and oxygen atoms in total. The molecule has 0 bridgehead atoms. The first kappa shape index (κ1) is 43.7. The molecule has 0 saturated heterocycles. The van der Waals surface area contributed by atoms with Crippen LogP contribution in [0.25, 0.3) is 32.7 Å². The van der Waals surface area contributed by atoms with Gasteiger partial charge in [0.2, 0.25) is 0 Å². The normalized spacial score (nSPS) is 25.4. The maximum Gasteiger partial charge on any atom is 0.416 e. The molecular formula is C65H61F3N2. The quantitative estimate of drug-likeness (QED) is 0.162. The van der Waals surface area contributed by atoms with Gasteiger partial charge in [0.15, 0.2) is 0 Å². The van der Waals surface area contributed by atoms with Crippen LogP contribution in [0.2, 0.25) is 0 Å². The average molecular weight is 927 g/mol. The van der Waals surface area contributed by atoms with Crippen molar-refractivity contribution in [2.75, 3.05) is 9.80 Å². The molecule has 352 valence electrons. The summed E-state index contributed by atoms with van der Waals surface area (Å²) in [6.07, 6.45) is 6.22. The minimum atomic E-state index is -4.41. The summed E-state index contributed by atoms with van der Waals surface area (Å²) in [4.78, 5) is 5.21. The van der Waals surface area contributed by atoms with Gasteiger partial charge >= 0.3 is 6.18 Å². The van der Waals surface area contributed by atoms with E-state index in [0.717, 1.165) is 60.8 Å². The molecule has 0 radical (unpaired) electrons. The maximum absolute atomic E-state index is 14.4. The van der Waals surface area contributed by atoms with E-state index in [2.05, 4.69) is 184 Å². The van der Waals surface area contributed by atoms with Gasteiger partial charge in [-0.05, 0) is 185 Å². The molecule has 3 aliphatic carbocycles. The number of rotatable bonds is 4. The molecule has 0 spiro atoms. The molecule has 13 rings (SSSR count). The first-order chi connectivity index (χ1) is 33.7. The fraction of sp³-hybridized carbons (Fsp3) is 0.323. The molecule has 2 fully saturated rings. The monoisotopic (exact) mass is 926 g/mol. The van der Waals surface area contributed by atoms with Crippen LogP contribution in [-0.4, -0.2) is 11.1 Å². The van der Waals surface area contributed by atoms with E-state index in [9.17, 15) is 13.2 Å². The topological polar surface area (TPSA) is 6.48 Å². The van der Waals surface area contributed by atoms with Crippen LogP contribution in [0.5, 0.6) is 0 Å². The molecule has 8 aromatic rings. The summed E-state index contributed by atoms with van der Waals surface area (Å²) in [6.45, 7) is 12.0. The average Bonchev–Trinajstić information content (AvgIpc) is 3.66. The number of anilines is 4. The van der Waals surface area contributed by atoms with Crippen molar-refractivity contribution in [3.8, 4) is 11.1 Å². The number of alkyl halides is 3. The van der Waals surface area contributed by atoms with Crippen molar-refractivity contribution in [2.24, 2.45) is 10.8 Å². The Morgan fingerprint density at radius 2 is 1.00 bits per heavy atom. The highest BCUT2D eigenvalue weighted by atomic mass is 19.4. The van der Waals surface area contributed by atoms with Crippen LogP contribution in [0.4, 0.5) is 35.9 Å². The Balaban J connectivity index is 1.11. The SMILES string of the molecule is Cc1ccc2c(c1)CC1(C)CCCCC1(C)N2c1ccc2c(c1)C(c1ccccc1)(c1ccccc1)c1c-2c2ccccc2c2cc(N3c4ccc(C(F)(F)F)cc4CC4(C)CCCCC34C)ccc12. The summed E-state index contributed by atoms with van der Waals surface area (Å²) in [6, 6.07) is 57.4. The zero-order valence-electron chi connectivity index (χ0n) is 41.1. The Hall–Kier alpha value is -6.33. The van der Waals surface area contributed by atoms with Crippen LogP contribution in [0.15, 0.2) is 158 Å². The van der Waals surface area contributed by atoms with Gasteiger partial charge < -0.3 is 9.80 Å². The molecule has 0 aromatic heterocycles. The second-order valence-electron chi connectivity index (χ2n) is 22.8. The Kier molecular flexibility index (Phi) is 9.42. The third-order valence-corrected chi connectivity index (χ3v) is 19.1. The zero-order valence-corrected chi connectivity index (χ0v) is 41.1. The van der Waals surface area contributed by atoms with E-state index in [4.69, 9.17) is 0 Å². The number of nitrogens with zero attached hydrogens (tertiary/aromatic N) is 2. The number of hydrogen-bond donors (Lipinski definition) is 0. The summed E-state index contributed by atoms with van der Waals surface area (Å²) >= 11 is 0. The molecule has 0 N–H and O–H groups in total. The van der Waals surface area contributed by atoms with Gasteiger partial charge in [-0.1, -0.05) is 154 Å². The molecular weight excluding hydrogens is 866 g/mol. The van der Waals surface area contributed by atoms with Crippen molar-refractivity contribution < 1.29 is 13.2 Å². The van der Waals surface area contributed by atoms with Gasteiger partial charge in [-0.25, -0.2) is 0 Å². The molecule has 2 heterocycles. The zero-order chi connectivity index (χ0) is 48.0. The highest BCUT2D eigenvalue weighted by molar-refractivity contribution is 6.20. The minimum Gasteiger partial charge on any atom is -0.335 e. The van der Waals surface area contributed by atoms with Crippen molar-refractivity contribution in [2.45, 2.75) is 121 Å². The summed E-state index contributed by atoms with van der Waals surface area (Å²) < 4.78 is 43.2. The second-order valence-corrected chi connectivity index (χ2v) is 22.8. The fourth-order valence-corrected chi connectivity index (χ4v) is 15.3. The van der Waals surface area contributed by atoms with Crippen LogP contribution in [0.3, 0.4) is 0 Å². The molecule has 5 aliphatic rings. The smallest absolute Gasteiger partial charge is 0.335 e. The van der Waals surface area contributed by atoms with Gasteiger partial charge in [0.05, 0.1) is 11.0 Å². The summed E-state index contributed by atoms with van der Waals surface area (Å²) in [5, 5.41) is 4.73. The van der Waals surface area contributed by atoms with Crippen LogP contribution in [0, 0.1) is 17.8 Å². The van der Waals surface area contributed by atoms with Gasteiger partial charge in [-0.15, -0.1) is 0 Å². The molecule has 4 unspecified atom stereocenters. The lowest BCUT2D eigenvalue weighted by molar-refractivity contribution is -0.137. The number of aryl methyl sites for hydroxylation is 1. The van der Waals surface area contributed by atoms with Gasteiger partial charge in [0.25, 0.3) is 0 Å². The van der Waals surface area contributed by atoms with Crippen molar-refractivity contribution in [3.63, 3.8) is 0 Å². The third-order valence-electron chi connectivity index (χ3n) is 19.1. The Morgan fingerprint density at radius 1 is 0.471 bits per heavy atom. The lowest BCUT2D eigenvalue weighted by atomic mass is 9.57. The van der Waals surface area contributed by atoms with Crippen LogP contribution in [-0.2, 0) is 24.4 Å². The number of halogens is 3. The van der Waals surface area contributed by atoms with Gasteiger partial charge in [-0.2, -0.15) is 13.2 Å².